The second-order valence-corrected chi connectivity index (χ2v) is 4.97. The molecule has 0 radical (unpaired) electrons. The van der Waals surface area contributed by atoms with E-state index in [4.69, 9.17) is 13.9 Å². The van der Waals surface area contributed by atoms with Crippen molar-refractivity contribution in [2.24, 2.45) is 0 Å². The fourth-order valence-electron chi connectivity index (χ4n) is 2.36. The molecule has 2 atom stereocenters. The molecule has 2 heterocycles. The summed E-state index contributed by atoms with van der Waals surface area (Å²) in [6, 6.07) is 6.71. The Morgan fingerprint density at radius 2 is 2.20 bits per heavy atom. The van der Waals surface area contributed by atoms with Gasteiger partial charge in [-0.15, -0.1) is 0 Å². The largest absolute Gasteiger partial charge is 0.462 e. The van der Waals surface area contributed by atoms with Gasteiger partial charge < -0.3 is 19.0 Å². The summed E-state index contributed by atoms with van der Waals surface area (Å²) in [6.07, 6.45) is 0.181. The number of rotatable bonds is 2. The zero-order valence-corrected chi connectivity index (χ0v) is 11.2. The molecule has 1 N–H and O–H groups in total. The summed E-state index contributed by atoms with van der Waals surface area (Å²) in [5.41, 5.74) is 0.940. The second-order valence-electron chi connectivity index (χ2n) is 4.97. The molecule has 0 amide bonds. The van der Waals surface area contributed by atoms with Gasteiger partial charge in [-0.2, -0.15) is 0 Å². The van der Waals surface area contributed by atoms with E-state index in [1.807, 2.05) is 13.0 Å². The van der Waals surface area contributed by atoms with E-state index in [1.165, 1.54) is 6.07 Å². The maximum absolute atomic E-state index is 11.4. The molecule has 0 spiro atoms. The molecular weight excluding hydrogens is 260 g/mol. The Bertz CT molecular complexity index is 676. The highest BCUT2D eigenvalue weighted by Gasteiger charge is 2.25. The minimum absolute atomic E-state index is 0.388. The van der Waals surface area contributed by atoms with Gasteiger partial charge in [0, 0.05) is 17.5 Å². The normalized spacial score (nSPS) is 22.9. The number of aliphatic hydroxyl groups excluding tert-OH is 1. The molecule has 0 bridgehead atoms. The molecule has 5 heteroatoms. The van der Waals surface area contributed by atoms with Crippen molar-refractivity contribution in [1.29, 1.82) is 0 Å². The van der Waals surface area contributed by atoms with E-state index in [1.54, 1.807) is 12.1 Å². The summed E-state index contributed by atoms with van der Waals surface area (Å²) in [4.78, 5) is 11.4. The first-order chi connectivity index (χ1) is 9.63. The molecule has 2 unspecified atom stereocenters. The van der Waals surface area contributed by atoms with Gasteiger partial charge in [-0.25, -0.2) is 4.79 Å². The number of aliphatic hydroxyl groups is 1. The molecule has 0 aliphatic carbocycles. The van der Waals surface area contributed by atoms with E-state index in [0.717, 1.165) is 17.4 Å². The molecule has 5 nitrogen and oxygen atoms in total. The molecule has 1 aromatic carbocycles. The summed E-state index contributed by atoms with van der Waals surface area (Å²) in [6.45, 7) is 2.43. The second kappa shape index (κ2) is 5.26. The topological polar surface area (TPSA) is 68.9 Å². The van der Waals surface area contributed by atoms with Crippen molar-refractivity contribution in [2.45, 2.75) is 32.2 Å². The third-order valence-corrected chi connectivity index (χ3v) is 3.42. The standard InChI is InChI=1S/C15H16O5/c1-9-7-14(17)20-13-8-10(4-5-11(9)13)19-15-12(16)3-2-6-18-15/h4-5,7-8,12,15-16H,2-3,6H2,1H3. The number of ether oxygens (including phenoxy) is 2. The van der Waals surface area contributed by atoms with Crippen LogP contribution in [-0.4, -0.2) is 24.1 Å². The summed E-state index contributed by atoms with van der Waals surface area (Å²) in [5.74, 6) is 0.511. The summed E-state index contributed by atoms with van der Waals surface area (Å²) >= 11 is 0. The predicted molar refractivity (Wildman–Crippen MR) is 72.8 cm³/mol. The van der Waals surface area contributed by atoms with Crippen molar-refractivity contribution < 1.29 is 19.0 Å². The van der Waals surface area contributed by atoms with Crippen LogP contribution >= 0.6 is 0 Å². The van der Waals surface area contributed by atoms with Crippen LogP contribution in [0.1, 0.15) is 18.4 Å². The van der Waals surface area contributed by atoms with Crippen LogP contribution in [0.4, 0.5) is 0 Å². The molecule has 1 aliphatic heterocycles. The summed E-state index contributed by atoms with van der Waals surface area (Å²) in [7, 11) is 0. The van der Waals surface area contributed by atoms with E-state index < -0.39 is 12.4 Å². The fraction of sp³-hybridized carbons (Fsp3) is 0.400. The molecule has 0 saturated carbocycles. The minimum atomic E-state index is -0.669. The third kappa shape index (κ3) is 2.55. The van der Waals surface area contributed by atoms with Crippen LogP contribution in [0.15, 0.2) is 33.5 Å². The van der Waals surface area contributed by atoms with Gasteiger partial charge in [-0.1, -0.05) is 0 Å². The van der Waals surface area contributed by atoms with Crippen molar-refractivity contribution >= 4 is 11.0 Å². The van der Waals surface area contributed by atoms with Gasteiger partial charge in [0.1, 0.15) is 17.4 Å². The lowest BCUT2D eigenvalue weighted by molar-refractivity contribution is -0.170. The maximum atomic E-state index is 11.4. The smallest absolute Gasteiger partial charge is 0.336 e. The van der Waals surface area contributed by atoms with Crippen LogP contribution in [0.3, 0.4) is 0 Å². The minimum Gasteiger partial charge on any atom is -0.462 e. The monoisotopic (exact) mass is 276 g/mol. The highest BCUT2D eigenvalue weighted by atomic mass is 16.7. The summed E-state index contributed by atoms with van der Waals surface area (Å²) < 4.78 is 16.2. The van der Waals surface area contributed by atoms with Gasteiger partial charge in [0.15, 0.2) is 0 Å². The molecule has 2 aromatic rings. The van der Waals surface area contributed by atoms with Crippen LogP contribution in [0, 0.1) is 6.92 Å². The van der Waals surface area contributed by atoms with Crippen LogP contribution in [0.2, 0.25) is 0 Å². The number of fused-ring (bicyclic) bond motifs is 1. The molecular formula is C15H16O5. The quantitative estimate of drug-likeness (QED) is 0.849. The molecule has 1 aromatic heterocycles. The lowest BCUT2D eigenvalue weighted by Gasteiger charge is -2.28. The molecule has 3 rings (SSSR count). The van der Waals surface area contributed by atoms with Crippen LogP contribution < -0.4 is 10.4 Å². The van der Waals surface area contributed by atoms with Gasteiger partial charge in [0.2, 0.25) is 6.29 Å². The van der Waals surface area contributed by atoms with Crippen LogP contribution in [0.25, 0.3) is 11.0 Å². The highest BCUT2D eigenvalue weighted by molar-refractivity contribution is 5.81. The van der Waals surface area contributed by atoms with Crippen molar-refractivity contribution in [3.8, 4) is 5.75 Å². The fourth-order valence-corrected chi connectivity index (χ4v) is 2.36. The molecule has 1 saturated heterocycles. The van der Waals surface area contributed by atoms with E-state index in [-0.39, 0.29) is 5.63 Å². The van der Waals surface area contributed by atoms with E-state index in [9.17, 15) is 9.90 Å². The highest BCUT2D eigenvalue weighted by Crippen LogP contribution is 2.25. The number of hydrogen-bond acceptors (Lipinski definition) is 5. The van der Waals surface area contributed by atoms with E-state index >= 15 is 0 Å². The Balaban J connectivity index is 1.90. The Labute approximate surface area is 115 Å². The van der Waals surface area contributed by atoms with Gasteiger partial charge in [-0.3, -0.25) is 0 Å². The SMILES string of the molecule is Cc1cc(=O)oc2cc(OC3OCCCC3O)ccc12. The molecule has 20 heavy (non-hydrogen) atoms. The van der Waals surface area contributed by atoms with Crippen molar-refractivity contribution in [1.82, 2.24) is 0 Å². The molecule has 1 aliphatic rings. The van der Waals surface area contributed by atoms with Crippen LogP contribution in [0.5, 0.6) is 5.75 Å². The Hall–Kier alpha value is -1.85. The van der Waals surface area contributed by atoms with Gasteiger partial charge in [0.05, 0.1) is 6.61 Å². The lowest BCUT2D eigenvalue weighted by atomic mass is 10.1. The Morgan fingerprint density at radius 3 is 3.00 bits per heavy atom. The molecule has 106 valence electrons. The lowest BCUT2D eigenvalue weighted by Crippen LogP contribution is -2.38. The first-order valence-corrected chi connectivity index (χ1v) is 6.64. The van der Waals surface area contributed by atoms with Gasteiger partial charge in [0.25, 0.3) is 0 Å². The van der Waals surface area contributed by atoms with Crippen molar-refractivity contribution in [2.75, 3.05) is 6.61 Å². The number of aryl methyl sites for hydroxylation is 1. The van der Waals surface area contributed by atoms with Crippen molar-refractivity contribution in [3.05, 3.63) is 40.2 Å². The van der Waals surface area contributed by atoms with Crippen molar-refractivity contribution in [3.63, 3.8) is 0 Å². The van der Waals surface area contributed by atoms with Gasteiger partial charge in [-0.05, 0) is 37.5 Å². The van der Waals surface area contributed by atoms with Gasteiger partial charge >= 0.3 is 5.63 Å². The third-order valence-electron chi connectivity index (χ3n) is 3.42. The van der Waals surface area contributed by atoms with E-state index in [0.29, 0.717) is 24.4 Å². The van der Waals surface area contributed by atoms with Crippen LogP contribution in [-0.2, 0) is 4.74 Å². The first-order valence-electron chi connectivity index (χ1n) is 6.64. The Kier molecular flexibility index (Phi) is 3.46. The Morgan fingerprint density at radius 1 is 1.35 bits per heavy atom. The number of hydrogen-bond donors (Lipinski definition) is 1. The average molecular weight is 276 g/mol. The zero-order chi connectivity index (χ0) is 14.1. The first kappa shape index (κ1) is 13.1. The summed E-state index contributed by atoms with van der Waals surface area (Å²) in [5, 5.41) is 10.7. The predicted octanol–water partition coefficient (Wildman–Crippen LogP) is 1.98. The van der Waals surface area contributed by atoms with E-state index in [2.05, 4.69) is 0 Å². The average Bonchev–Trinajstić information content (AvgIpc) is 2.41. The molecule has 1 fully saturated rings. The number of benzene rings is 1. The zero-order valence-electron chi connectivity index (χ0n) is 11.2. The maximum Gasteiger partial charge on any atom is 0.336 e.